The monoisotopic (exact) mass is 382 g/mol. The van der Waals surface area contributed by atoms with E-state index in [-0.39, 0.29) is 42.0 Å². The molecule has 0 aromatic heterocycles. The van der Waals surface area contributed by atoms with Gasteiger partial charge in [-0.1, -0.05) is 12.2 Å². The Morgan fingerprint density at radius 1 is 1.07 bits per heavy atom. The maximum atomic E-state index is 13.0. The standard InChI is InChI=1S/C21H22N2O5/c1-27-10-3-6-16(28-2)15(7-10)22-17(24)9-23-20(25)18-11-4-5-12(14-8-13(11)14)19(18)21(23)26/h3-7,11-14,18-19H,8-9H2,1-2H3,(H,22,24)/t11-,12+,13+,14-,18+,19-. The van der Waals surface area contributed by atoms with Gasteiger partial charge in [0.05, 0.1) is 31.7 Å². The second-order valence-electron chi connectivity index (χ2n) is 8.03. The average molecular weight is 382 g/mol. The molecule has 1 aromatic carbocycles. The zero-order valence-corrected chi connectivity index (χ0v) is 15.8. The zero-order chi connectivity index (χ0) is 19.6. The number of ether oxygens (including phenoxy) is 2. The minimum absolute atomic E-state index is 0.156. The third kappa shape index (κ3) is 2.38. The number of methoxy groups -OCH3 is 2. The van der Waals surface area contributed by atoms with Crippen molar-refractivity contribution < 1.29 is 23.9 Å². The van der Waals surface area contributed by atoms with E-state index in [9.17, 15) is 14.4 Å². The van der Waals surface area contributed by atoms with E-state index < -0.39 is 5.91 Å². The molecule has 4 aliphatic carbocycles. The van der Waals surface area contributed by atoms with Gasteiger partial charge in [-0.05, 0) is 42.2 Å². The Kier molecular flexibility index (Phi) is 3.76. The Balaban J connectivity index is 1.33. The number of amides is 3. The number of anilines is 1. The summed E-state index contributed by atoms with van der Waals surface area (Å²) in [6.45, 7) is -0.278. The van der Waals surface area contributed by atoms with Gasteiger partial charge in [0.25, 0.3) is 0 Å². The maximum absolute atomic E-state index is 13.0. The lowest BCUT2D eigenvalue weighted by atomic mass is 9.63. The molecule has 7 heteroatoms. The van der Waals surface area contributed by atoms with Crippen molar-refractivity contribution in [3.05, 3.63) is 30.4 Å². The molecule has 1 aromatic rings. The van der Waals surface area contributed by atoms with Gasteiger partial charge in [-0.3, -0.25) is 19.3 Å². The Morgan fingerprint density at radius 3 is 2.29 bits per heavy atom. The normalized spacial score (nSPS) is 34.1. The summed E-state index contributed by atoms with van der Waals surface area (Å²) >= 11 is 0. The van der Waals surface area contributed by atoms with Crippen LogP contribution in [0.15, 0.2) is 30.4 Å². The molecule has 146 valence electrons. The fraction of sp³-hybridized carbons (Fsp3) is 0.476. The van der Waals surface area contributed by atoms with Crippen molar-refractivity contribution in [3.8, 4) is 11.5 Å². The molecule has 1 saturated heterocycles. The fourth-order valence-electron chi connectivity index (χ4n) is 5.42. The molecule has 0 radical (unpaired) electrons. The first-order chi connectivity index (χ1) is 13.5. The molecule has 0 unspecified atom stereocenters. The second kappa shape index (κ2) is 6.09. The molecule has 3 fully saturated rings. The van der Waals surface area contributed by atoms with Crippen molar-refractivity contribution in [1.82, 2.24) is 4.90 Å². The van der Waals surface area contributed by atoms with Crippen LogP contribution in [0.1, 0.15) is 6.42 Å². The van der Waals surface area contributed by atoms with Crippen molar-refractivity contribution in [3.63, 3.8) is 0 Å². The number of carbonyl (C=O) groups excluding carboxylic acids is 3. The summed E-state index contributed by atoms with van der Waals surface area (Å²) in [4.78, 5) is 39.7. The third-order valence-electron chi connectivity index (χ3n) is 6.74. The van der Waals surface area contributed by atoms with E-state index >= 15 is 0 Å². The number of carbonyl (C=O) groups is 3. The van der Waals surface area contributed by atoms with Crippen molar-refractivity contribution in [2.45, 2.75) is 6.42 Å². The summed E-state index contributed by atoms with van der Waals surface area (Å²) in [5.41, 5.74) is 0.436. The molecule has 2 saturated carbocycles. The van der Waals surface area contributed by atoms with Crippen LogP contribution in [0.5, 0.6) is 11.5 Å². The Morgan fingerprint density at radius 2 is 1.71 bits per heavy atom. The highest BCUT2D eigenvalue weighted by atomic mass is 16.5. The summed E-state index contributed by atoms with van der Waals surface area (Å²) in [5, 5.41) is 2.74. The number of rotatable bonds is 5. The third-order valence-corrected chi connectivity index (χ3v) is 6.74. The van der Waals surface area contributed by atoms with Crippen LogP contribution in [0, 0.1) is 35.5 Å². The minimum atomic E-state index is -0.433. The van der Waals surface area contributed by atoms with Gasteiger partial charge in [0.15, 0.2) is 0 Å². The van der Waals surface area contributed by atoms with Crippen molar-refractivity contribution >= 4 is 23.4 Å². The van der Waals surface area contributed by atoms with E-state index in [1.807, 2.05) is 0 Å². The van der Waals surface area contributed by atoms with Gasteiger partial charge in [-0.2, -0.15) is 0 Å². The Hall–Kier alpha value is -2.83. The molecule has 7 nitrogen and oxygen atoms in total. The number of benzene rings is 1. The second-order valence-corrected chi connectivity index (χ2v) is 8.03. The van der Waals surface area contributed by atoms with Crippen molar-refractivity contribution in [2.24, 2.45) is 35.5 Å². The number of likely N-dealkylation sites (tertiary alicyclic amines) is 1. The smallest absolute Gasteiger partial charge is 0.244 e. The summed E-state index contributed by atoms with van der Waals surface area (Å²) in [7, 11) is 3.04. The quantitative estimate of drug-likeness (QED) is 0.619. The van der Waals surface area contributed by atoms with Gasteiger partial charge in [0.2, 0.25) is 17.7 Å². The molecular weight excluding hydrogens is 360 g/mol. The molecule has 6 rings (SSSR count). The average Bonchev–Trinajstić information content (AvgIpc) is 3.49. The molecule has 3 amide bonds. The van der Waals surface area contributed by atoms with E-state index in [1.54, 1.807) is 18.2 Å². The zero-order valence-electron chi connectivity index (χ0n) is 15.8. The highest BCUT2D eigenvalue weighted by Crippen LogP contribution is 2.65. The van der Waals surface area contributed by atoms with Crippen LogP contribution in [0.4, 0.5) is 5.69 Å². The number of imide groups is 1. The van der Waals surface area contributed by atoms with Gasteiger partial charge >= 0.3 is 0 Å². The highest BCUT2D eigenvalue weighted by Gasteiger charge is 2.67. The lowest BCUT2D eigenvalue weighted by Gasteiger charge is -2.37. The molecule has 5 aliphatic rings. The topological polar surface area (TPSA) is 84.9 Å². The number of nitrogens with zero attached hydrogens (tertiary/aromatic N) is 1. The van der Waals surface area contributed by atoms with Gasteiger partial charge in [-0.15, -0.1) is 0 Å². The lowest BCUT2D eigenvalue weighted by molar-refractivity contribution is -0.142. The largest absolute Gasteiger partial charge is 0.497 e. The van der Waals surface area contributed by atoms with Crippen LogP contribution in [0.2, 0.25) is 0 Å². The Labute approximate surface area is 162 Å². The minimum Gasteiger partial charge on any atom is -0.497 e. The molecule has 1 aliphatic heterocycles. The number of allylic oxidation sites excluding steroid dienone is 2. The summed E-state index contributed by atoms with van der Waals surface area (Å²) in [6, 6.07) is 5.05. The van der Waals surface area contributed by atoms with Crippen LogP contribution >= 0.6 is 0 Å². The van der Waals surface area contributed by atoms with Crippen LogP contribution in [-0.2, 0) is 14.4 Å². The maximum Gasteiger partial charge on any atom is 0.244 e. The molecule has 0 spiro atoms. The van der Waals surface area contributed by atoms with Crippen LogP contribution < -0.4 is 14.8 Å². The number of hydrogen-bond acceptors (Lipinski definition) is 5. The van der Waals surface area contributed by atoms with Gasteiger partial charge in [0.1, 0.15) is 18.0 Å². The molecule has 1 heterocycles. The number of hydrogen-bond donors (Lipinski definition) is 1. The van der Waals surface area contributed by atoms with Gasteiger partial charge in [0, 0.05) is 6.07 Å². The molecule has 1 N–H and O–H groups in total. The predicted octanol–water partition coefficient (Wildman–Crippen LogP) is 1.70. The number of nitrogens with one attached hydrogen (secondary N) is 1. The highest BCUT2D eigenvalue weighted by molar-refractivity contribution is 6.09. The molecular formula is C21H22N2O5. The van der Waals surface area contributed by atoms with E-state index in [0.29, 0.717) is 29.0 Å². The first-order valence-electron chi connectivity index (χ1n) is 9.59. The van der Waals surface area contributed by atoms with Crippen LogP contribution in [0.3, 0.4) is 0 Å². The summed E-state index contributed by atoms with van der Waals surface area (Å²) < 4.78 is 10.4. The molecule has 28 heavy (non-hydrogen) atoms. The summed E-state index contributed by atoms with van der Waals surface area (Å²) in [6.07, 6.45) is 5.36. The van der Waals surface area contributed by atoms with E-state index in [2.05, 4.69) is 17.5 Å². The summed E-state index contributed by atoms with van der Waals surface area (Å²) in [5.74, 6) is 1.03. The van der Waals surface area contributed by atoms with E-state index in [0.717, 1.165) is 11.3 Å². The van der Waals surface area contributed by atoms with Crippen LogP contribution in [0.25, 0.3) is 0 Å². The fourth-order valence-corrected chi connectivity index (χ4v) is 5.42. The van der Waals surface area contributed by atoms with E-state index in [4.69, 9.17) is 9.47 Å². The molecule has 2 bridgehead atoms. The van der Waals surface area contributed by atoms with Gasteiger partial charge < -0.3 is 14.8 Å². The van der Waals surface area contributed by atoms with Crippen molar-refractivity contribution in [2.75, 3.05) is 26.1 Å². The van der Waals surface area contributed by atoms with Crippen LogP contribution in [-0.4, -0.2) is 43.4 Å². The molecule has 6 atom stereocenters. The van der Waals surface area contributed by atoms with E-state index in [1.165, 1.54) is 14.2 Å². The first-order valence-corrected chi connectivity index (χ1v) is 9.59. The van der Waals surface area contributed by atoms with Crippen molar-refractivity contribution in [1.29, 1.82) is 0 Å². The lowest BCUT2D eigenvalue weighted by Crippen LogP contribution is -2.40. The predicted molar refractivity (Wildman–Crippen MR) is 99.6 cm³/mol. The first kappa shape index (κ1) is 17.3. The SMILES string of the molecule is COc1ccc(OC)c(NC(=O)CN2C(=O)[C@@H]3[C@H]4C=C[C@H]([C@@H]5C[C@H]45)[C@@H]3C2=O)c1. The van der Waals surface area contributed by atoms with Gasteiger partial charge in [-0.25, -0.2) is 0 Å². The Bertz CT molecular complexity index is 874.